The van der Waals surface area contributed by atoms with E-state index in [2.05, 4.69) is 15.0 Å². The van der Waals surface area contributed by atoms with E-state index in [-0.39, 0.29) is 18.3 Å². The molecular formula is C14H24N4O2S. The molecule has 7 heteroatoms. The summed E-state index contributed by atoms with van der Waals surface area (Å²) in [6.07, 6.45) is 0. The number of hydrogen-bond donors (Lipinski definition) is 3. The van der Waals surface area contributed by atoms with E-state index < -0.39 is 10.0 Å². The third-order valence-corrected chi connectivity index (χ3v) is 3.97. The van der Waals surface area contributed by atoms with Gasteiger partial charge in [0, 0.05) is 19.6 Å². The molecular weight excluding hydrogens is 288 g/mol. The number of aliphatic imine (C=N–C) groups is 1. The molecule has 0 aromatic heterocycles. The molecule has 118 valence electrons. The minimum Gasteiger partial charge on any atom is -0.370 e. The van der Waals surface area contributed by atoms with Gasteiger partial charge in [-0.2, -0.15) is 0 Å². The summed E-state index contributed by atoms with van der Waals surface area (Å²) in [7, 11) is -3.33. The van der Waals surface area contributed by atoms with Crippen molar-refractivity contribution in [3.63, 3.8) is 0 Å². The molecule has 0 spiro atoms. The van der Waals surface area contributed by atoms with Crippen LogP contribution in [0.25, 0.3) is 0 Å². The van der Waals surface area contributed by atoms with Crippen molar-refractivity contribution in [2.45, 2.75) is 20.4 Å². The van der Waals surface area contributed by atoms with E-state index in [1.165, 1.54) is 0 Å². The molecule has 1 aromatic rings. The zero-order valence-corrected chi connectivity index (χ0v) is 13.4. The molecule has 0 aliphatic rings. The number of nitrogens with one attached hydrogen (secondary N) is 2. The number of rotatable bonds is 8. The van der Waals surface area contributed by atoms with E-state index >= 15 is 0 Å². The molecule has 1 rings (SSSR count). The van der Waals surface area contributed by atoms with Crippen molar-refractivity contribution in [2.24, 2.45) is 16.6 Å². The number of hydrogen-bond acceptors (Lipinski definition) is 3. The minimum absolute atomic E-state index is 0.0439. The Hall–Kier alpha value is -1.60. The summed E-state index contributed by atoms with van der Waals surface area (Å²) in [5, 5.41) is 2.80. The molecule has 1 aromatic carbocycles. The normalized spacial score (nSPS) is 12.6. The number of guanidine groups is 1. The molecule has 0 fully saturated rings. The lowest BCUT2D eigenvalue weighted by Crippen LogP contribution is -2.38. The van der Waals surface area contributed by atoms with Gasteiger partial charge < -0.3 is 11.1 Å². The summed E-state index contributed by atoms with van der Waals surface area (Å²) in [4.78, 5) is 4.10. The first-order valence-corrected chi connectivity index (χ1v) is 8.59. The Morgan fingerprint density at radius 1 is 1.29 bits per heavy atom. The van der Waals surface area contributed by atoms with Gasteiger partial charge in [-0.05, 0) is 11.5 Å². The standard InChI is InChI=1S/C14H24N4O2S/c1-12(2)10-17-14(15)16-8-9-21(19,20)18-11-13-6-4-3-5-7-13/h3-7,12,18H,8-11H2,1-2H3,(H3,15,16,17). The molecule has 6 nitrogen and oxygen atoms in total. The van der Waals surface area contributed by atoms with Gasteiger partial charge >= 0.3 is 0 Å². The summed E-state index contributed by atoms with van der Waals surface area (Å²) in [6.45, 7) is 5.22. The van der Waals surface area contributed by atoms with Crippen LogP contribution in [0.1, 0.15) is 19.4 Å². The van der Waals surface area contributed by atoms with Crippen LogP contribution in [0.15, 0.2) is 35.3 Å². The number of sulfonamides is 1. The molecule has 0 bridgehead atoms. The smallest absolute Gasteiger partial charge is 0.213 e. The fourth-order valence-corrected chi connectivity index (χ4v) is 2.41. The van der Waals surface area contributed by atoms with Gasteiger partial charge in [-0.3, -0.25) is 4.99 Å². The Balaban J connectivity index is 2.31. The van der Waals surface area contributed by atoms with Crippen molar-refractivity contribution in [3.05, 3.63) is 35.9 Å². The largest absolute Gasteiger partial charge is 0.370 e. The molecule has 0 saturated carbocycles. The molecule has 0 unspecified atom stereocenters. The second kappa shape index (κ2) is 8.63. The monoisotopic (exact) mass is 312 g/mol. The molecule has 21 heavy (non-hydrogen) atoms. The zero-order valence-electron chi connectivity index (χ0n) is 12.5. The van der Waals surface area contributed by atoms with Crippen LogP contribution in [0.4, 0.5) is 0 Å². The molecule has 0 atom stereocenters. The molecule has 0 amide bonds. The molecule has 0 aliphatic carbocycles. The van der Waals surface area contributed by atoms with Crippen LogP contribution >= 0.6 is 0 Å². The van der Waals surface area contributed by atoms with E-state index in [4.69, 9.17) is 5.73 Å². The summed E-state index contributed by atoms with van der Waals surface area (Å²) in [5.41, 5.74) is 6.56. The average Bonchev–Trinajstić information content (AvgIpc) is 2.44. The Kier molecular flexibility index (Phi) is 7.18. The minimum atomic E-state index is -3.33. The lowest BCUT2D eigenvalue weighted by molar-refractivity contribution is 0.580. The highest BCUT2D eigenvalue weighted by molar-refractivity contribution is 7.89. The highest BCUT2D eigenvalue weighted by Crippen LogP contribution is 1.98. The van der Waals surface area contributed by atoms with Crippen LogP contribution in [0.3, 0.4) is 0 Å². The Bertz CT molecular complexity index is 541. The first-order valence-electron chi connectivity index (χ1n) is 6.94. The summed E-state index contributed by atoms with van der Waals surface area (Å²) in [6, 6.07) is 9.38. The fraction of sp³-hybridized carbons (Fsp3) is 0.500. The Morgan fingerprint density at radius 3 is 2.57 bits per heavy atom. The van der Waals surface area contributed by atoms with Gasteiger partial charge in [0.15, 0.2) is 5.96 Å². The van der Waals surface area contributed by atoms with Gasteiger partial charge in [0.1, 0.15) is 0 Å². The molecule has 4 N–H and O–H groups in total. The quantitative estimate of drug-likeness (QED) is 0.485. The van der Waals surface area contributed by atoms with Crippen molar-refractivity contribution in [2.75, 3.05) is 18.8 Å². The fourth-order valence-electron chi connectivity index (χ4n) is 1.51. The van der Waals surface area contributed by atoms with Crippen molar-refractivity contribution in [1.82, 2.24) is 10.0 Å². The summed E-state index contributed by atoms with van der Waals surface area (Å²) >= 11 is 0. The first-order chi connectivity index (χ1) is 9.89. The van der Waals surface area contributed by atoms with Crippen molar-refractivity contribution in [3.8, 4) is 0 Å². The van der Waals surface area contributed by atoms with E-state index in [0.29, 0.717) is 19.0 Å². The number of benzene rings is 1. The zero-order chi connectivity index (χ0) is 15.7. The Labute approximate surface area is 126 Å². The van der Waals surface area contributed by atoms with E-state index in [1.807, 2.05) is 44.2 Å². The first kappa shape index (κ1) is 17.5. The van der Waals surface area contributed by atoms with Crippen LogP contribution in [0, 0.1) is 5.92 Å². The Morgan fingerprint density at radius 2 is 1.95 bits per heavy atom. The SMILES string of the molecule is CC(C)CN=C(N)NCCS(=O)(=O)NCc1ccccc1. The topological polar surface area (TPSA) is 96.6 Å². The van der Waals surface area contributed by atoms with Gasteiger partial charge in [-0.15, -0.1) is 0 Å². The average molecular weight is 312 g/mol. The lowest BCUT2D eigenvalue weighted by Gasteiger charge is -2.09. The summed E-state index contributed by atoms with van der Waals surface area (Å²) < 4.78 is 26.2. The van der Waals surface area contributed by atoms with Crippen LogP contribution in [0.5, 0.6) is 0 Å². The highest BCUT2D eigenvalue weighted by atomic mass is 32.2. The molecule has 0 aliphatic heterocycles. The lowest BCUT2D eigenvalue weighted by atomic mass is 10.2. The van der Waals surface area contributed by atoms with E-state index in [9.17, 15) is 8.42 Å². The molecule has 0 radical (unpaired) electrons. The second-order valence-corrected chi connectivity index (χ2v) is 7.10. The van der Waals surface area contributed by atoms with E-state index in [0.717, 1.165) is 5.56 Å². The van der Waals surface area contributed by atoms with Gasteiger partial charge in [-0.25, -0.2) is 13.1 Å². The predicted octanol–water partition coefficient (Wildman–Crippen LogP) is 0.666. The van der Waals surface area contributed by atoms with Crippen LogP contribution < -0.4 is 15.8 Å². The molecule has 0 heterocycles. The van der Waals surface area contributed by atoms with Gasteiger partial charge in [0.05, 0.1) is 5.75 Å². The highest BCUT2D eigenvalue weighted by Gasteiger charge is 2.09. The number of nitrogens with zero attached hydrogens (tertiary/aromatic N) is 1. The maximum Gasteiger partial charge on any atom is 0.213 e. The summed E-state index contributed by atoms with van der Waals surface area (Å²) in [5.74, 6) is 0.654. The molecule has 0 saturated heterocycles. The van der Waals surface area contributed by atoms with Crippen molar-refractivity contribution in [1.29, 1.82) is 0 Å². The third-order valence-electron chi connectivity index (χ3n) is 2.64. The van der Waals surface area contributed by atoms with Crippen LogP contribution in [-0.4, -0.2) is 33.2 Å². The second-order valence-electron chi connectivity index (χ2n) is 5.17. The van der Waals surface area contributed by atoms with Gasteiger partial charge in [-0.1, -0.05) is 44.2 Å². The van der Waals surface area contributed by atoms with E-state index in [1.54, 1.807) is 0 Å². The maximum atomic E-state index is 11.8. The van der Waals surface area contributed by atoms with Crippen molar-refractivity contribution >= 4 is 16.0 Å². The van der Waals surface area contributed by atoms with Gasteiger partial charge in [0.25, 0.3) is 0 Å². The predicted molar refractivity (Wildman–Crippen MR) is 86.4 cm³/mol. The maximum absolute atomic E-state index is 11.8. The van der Waals surface area contributed by atoms with Crippen molar-refractivity contribution < 1.29 is 8.42 Å². The van der Waals surface area contributed by atoms with Crippen LogP contribution in [-0.2, 0) is 16.6 Å². The third kappa shape index (κ3) is 8.31. The van der Waals surface area contributed by atoms with Gasteiger partial charge in [0.2, 0.25) is 10.0 Å². The van der Waals surface area contributed by atoms with Crippen LogP contribution in [0.2, 0.25) is 0 Å². The number of nitrogens with two attached hydrogens (primary N) is 1.